The smallest absolute Gasteiger partial charge is 0.274 e. The fourth-order valence-corrected chi connectivity index (χ4v) is 3.16. The minimum atomic E-state index is -0.0958. The molecule has 1 unspecified atom stereocenters. The van der Waals surface area contributed by atoms with E-state index in [-0.39, 0.29) is 11.9 Å². The van der Waals surface area contributed by atoms with Crippen molar-refractivity contribution in [3.05, 3.63) is 58.9 Å². The maximum Gasteiger partial charge on any atom is 0.274 e. The van der Waals surface area contributed by atoms with E-state index in [0.717, 1.165) is 23.2 Å². The minimum absolute atomic E-state index is 0.0948. The Bertz CT molecular complexity index is 906. The number of amides is 1. The molecule has 1 aliphatic heterocycles. The van der Waals surface area contributed by atoms with Crippen molar-refractivity contribution in [3.8, 4) is 0 Å². The van der Waals surface area contributed by atoms with Crippen molar-refractivity contribution in [3.63, 3.8) is 0 Å². The highest BCUT2D eigenvalue weighted by molar-refractivity contribution is 6.30. The molecule has 0 radical (unpaired) electrons. The lowest BCUT2D eigenvalue weighted by Gasteiger charge is -2.33. The van der Waals surface area contributed by atoms with Gasteiger partial charge in [-0.3, -0.25) is 4.79 Å². The number of rotatable bonds is 1. The van der Waals surface area contributed by atoms with E-state index in [0.29, 0.717) is 17.3 Å². The second-order valence-corrected chi connectivity index (χ2v) is 6.04. The summed E-state index contributed by atoms with van der Waals surface area (Å²) >= 11 is 5.97. The van der Waals surface area contributed by atoms with Crippen molar-refractivity contribution in [1.82, 2.24) is 24.5 Å². The third-order valence-electron chi connectivity index (χ3n) is 4.21. The van der Waals surface area contributed by atoms with Crippen molar-refractivity contribution in [2.24, 2.45) is 0 Å². The summed E-state index contributed by atoms with van der Waals surface area (Å²) in [7, 11) is 0. The van der Waals surface area contributed by atoms with E-state index in [9.17, 15) is 4.79 Å². The van der Waals surface area contributed by atoms with Gasteiger partial charge in [-0.1, -0.05) is 11.6 Å². The summed E-state index contributed by atoms with van der Waals surface area (Å²) in [6.45, 7) is 2.62. The molecule has 3 aromatic rings. The van der Waals surface area contributed by atoms with Crippen LogP contribution < -0.4 is 0 Å². The van der Waals surface area contributed by atoms with Gasteiger partial charge in [-0.25, -0.2) is 14.5 Å². The zero-order valence-corrected chi connectivity index (χ0v) is 13.2. The van der Waals surface area contributed by atoms with Crippen LogP contribution in [0.2, 0.25) is 5.02 Å². The maximum absolute atomic E-state index is 12.8. The Morgan fingerprint density at radius 3 is 3.13 bits per heavy atom. The lowest BCUT2D eigenvalue weighted by Crippen LogP contribution is -2.39. The highest BCUT2D eigenvalue weighted by Crippen LogP contribution is 2.28. The first-order valence-corrected chi connectivity index (χ1v) is 7.76. The second kappa shape index (κ2) is 5.31. The fraction of sp³-hybridized carbons (Fsp3) is 0.250. The number of nitrogens with zero attached hydrogens (tertiary/aromatic N) is 5. The number of hydrogen-bond acceptors (Lipinski definition) is 4. The van der Waals surface area contributed by atoms with Crippen LogP contribution in [0.5, 0.6) is 0 Å². The molecule has 3 aromatic heterocycles. The largest absolute Gasteiger partial charge is 0.329 e. The van der Waals surface area contributed by atoms with Crippen LogP contribution in [0, 0.1) is 0 Å². The zero-order valence-electron chi connectivity index (χ0n) is 12.5. The van der Waals surface area contributed by atoms with Crippen LogP contribution in [0.3, 0.4) is 0 Å². The van der Waals surface area contributed by atoms with Crippen LogP contribution in [0.15, 0.2) is 36.9 Å². The van der Waals surface area contributed by atoms with Crippen molar-refractivity contribution < 1.29 is 4.79 Å². The van der Waals surface area contributed by atoms with E-state index in [4.69, 9.17) is 11.6 Å². The predicted molar refractivity (Wildman–Crippen MR) is 85.4 cm³/mol. The summed E-state index contributed by atoms with van der Waals surface area (Å²) < 4.78 is 1.63. The number of hydrogen-bond donors (Lipinski definition) is 0. The molecule has 1 atom stereocenters. The van der Waals surface area contributed by atoms with E-state index in [1.165, 1.54) is 6.33 Å². The molecular weight excluding hydrogens is 314 g/mol. The van der Waals surface area contributed by atoms with Gasteiger partial charge >= 0.3 is 0 Å². The lowest BCUT2D eigenvalue weighted by molar-refractivity contribution is 0.0666. The molecule has 4 heterocycles. The first kappa shape index (κ1) is 14.1. The average Bonchev–Trinajstić information content (AvgIpc) is 2.98. The van der Waals surface area contributed by atoms with E-state index in [2.05, 4.69) is 15.1 Å². The minimum Gasteiger partial charge on any atom is -0.329 e. The van der Waals surface area contributed by atoms with Gasteiger partial charge in [-0.2, -0.15) is 5.10 Å². The molecule has 1 aliphatic rings. The Labute approximate surface area is 137 Å². The third-order valence-corrected chi connectivity index (χ3v) is 4.44. The van der Waals surface area contributed by atoms with Gasteiger partial charge in [0.15, 0.2) is 5.69 Å². The van der Waals surface area contributed by atoms with Gasteiger partial charge in [-0.05, 0) is 37.1 Å². The molecule has 0 aliphatic carbocycles. The number of fused-ring (bicyclic) bond motifs is 2. The molecule has 0 saturated carbocycles. The lowest BCUT2D eigenvalue weighted by atomic mass is 10.00. The van der Waals surface area contributed by atoms with Gasteiger partial charge in [0.05, 0.1) is 22.3 Å². The van der Waals surface area contributed by atoms with Crippen molar-refractivity contribution in [2.45, 2.75) is 19.4 Å². The topological polar surface area (TPSA) is 63.4 Å². The van der Waals surface area contributed by atoms with Crippen LogP contribution in [0.4, 0.5) is 0 Å². The summed E-state index contributed by atoms with van der Waals surface area (Å²) in [5.74, 6) is -0.0958. The average molecular weight is 328 g/mol. The number of carbonyl (C=O) groups excluding carboxylic acids is 1. The van der Waals surface area contributed by atoms with E-state index in [1.807, 2.05) is 19.2 Å². The molecule has 116 valence electrons. The molecular formula is C16H14ClN5O. The monoisotopic (exact) mass is 327 g/mol. The van der Waals surface area contributed by atoms with Gasteiger partial charge in [-0.15, -0.1) is 0 Å². The summed E-state index contributed by atoms with van der Waals surface area (Å²) in [5, 5.41) is 4.93. The van der Waals surface area contributed by atoms with Crippen LogP contribution in [-0.2, 0) is 6.42 Å². The van der Waals surface area contributed by atoms with Crippen LogP contribution in [0.25, 0.3) is 5.52 Å². The molecule has 6 nitrogen and oxygen atoms in total. The number of pyridine rings is 1. The van der Waals surface area contributed by atoms with Crippen molar-refractivity contribution in [2.75, 3.05) is 6.54 Å². The van der Waals surface area contributed by atoms with Crippen molar-refractivity contribution in [1.29, 1.82) is 0 Å². The quantitative estimate of drug-likeness (QED) is 0.689. The third kappa shape index (κ3) is 2.35. The van der Waals surface area contributed by atoms with Gasteiger partial charge in [0, 0.05) is 18.9 Å². The Kier molecular flexibility index (Phi) is 3.27. The van der Waals surface area contributed by atoms with Crippen LogP contribution in [0.1, 0.15) is 34.7 Å². The van der Waals surface area contributed by atoms with Crippen LogP contribution >= 0.6 is 11.6 Å². The maximum atomic E-state index is 12.8. The number of halogens is 1. The van der Waals surface area contributed by atoms with Crippen molar-refractivity contribution >= 4 is 23.0 Å². The van der Waals surface area contributed by atoms with E-state index < -0.39 is 0 Å². The molecule has 0 spiro atoms. The molecule has 7 heteroatoms. The fourth-order valence-electron chi connectivity index (χ4n) is 3.01. The van der Waals surface area contributed by atoms with Crippen LogP contribution in [-0.4, -0.2) is 36.9 Å². The van der Waals surface area contributed by atoms with Gasteiger partial charge in [0.25, 0.3) is 5.91 Å². The van der Waals surface area contributed by atoms with Gasteiger partial charge in [0.1, 0.15) is 6.33 Å². The summed E-state index contributed by atoms with van der Waals surface area (Å²) in [6.07, 6.45) is 5.80. The number of carbonyl (C=O) groups is 1. The van der Waals surface area contributed by atoms with E-state index in [1.54, 1.807) is 27.7 Å². The summed E-state index contributed by atoms with van der Waals surface area (Å²) in [4.78, 5) is 23.0. The van der Waals surface area contributed by atoms with Gasteiger partial charge < -0.3 is 4.90 Å². The SMILES string of the molecule is CC1c2ncncc2CCN1C(=O)c1cc2ccc(Cl)cn2n1. The number of aromatic nitrogens is 4. The molecule has 0 fully saturated rings. The Morgan fingerprint density at radius 2 is 2.26 bits per heavy atom. The molecule has 4 rings (SSSR count). The molecule has 1 amide bonds. The Hall–Kier alpha value is -2.47. The normalized spacial score (nSPS) is 17.3. The first-order valence-electron chi connectivity index (χ1n) is 7.38. The zero-order chi connectivity index (χ0) is 16.0. The molecule has 23 heavy (non-hydrogen) atoms. The highest BCUT2D eigenvalue weighted by atomic mass is 35.5. The highest BCUT2D eigenvalue weighted by Gasteiger charge is 2.30. The summed E-state index contributed by atoms with van der Waals surface area (Å²) in [6, 6.07) is 5.31. The summed E-state index contributed by atoms with van der Waals surface area (Å²) in [5.41, 5.74) is 3.26. The van der Waals surface area contributed by atoms with E-state index >= 15 is 0 Å². The predicted octanol–water partition coefficient (Wildman–Crippen LogP) is 2.54. The standard InChI is InChI=1S/C16H14ClN5O/c1-10-15-11(7-18-9-19-15)4-5-21(10)16(23)14-6-13-3-2-12(17)8-22(13)20-14/h2-3,6-10H,4-5H2,1H3. The molecule has 0 N–H and O–H groups in total. The second-order valence-electron chi connectivity index (χ2n) is 5.60. The molecule has 0 bridgehead atoms. The first-order chi connectivity index (χ1) is 11.1. The Balaban J connectivity index is 1.68. The Morgan fingerprint density at radius 1 is 1.39 bits per heavy atom. The van der Waals surface area contributed by atoms with Gasteiger partial charge in [0.2, 0.25) is 0 Å². The molecule has 0 aromatic carbocycles. The molecule has 0 saturated heterocycles.